The molecule has 0 unspecified atom stereocenters. The molecule has 3 aromatic rings. The molecule has 30 heavy (non-hydrogen) atoms. The van der Waals surface area contributed by atoms with Gasteiger partial charge >= 0.3 is 0 Å². The summed E-state index contributed by atoms with van der Waals surface area (Å²) in [5, 5.41) is 30.4. The normalized spacial score (nSPS) is 18.3. The van der Waals surface area contributed by atoms with E-state index in [2.05, 4.69) is 58.6 Å². The molecule has 0 radical (unpaired) electrons. The molecule has 1 fully saturated rings. The highest BCUT2D eigenvalue weighted by molar-refractivity contribution is 5.72. The van der Waals surface area contributed by atoms with E-state index in [9.17, 15) is 5.11 Å². The predicted octanol–water partition coefficient (Wildman–Crippen LogP) is 3.37. The van der Waals surface area contributed by atoms with Gasteiger partial charge in [-0.05, 0) is 58.2 Å². The summed E-state index contributed by atoms with van der Waals surface area (Å²) in [6.07, 6.45) is 7.30. The number of nitrogens with one attached hydrogen (secondary N) is 2. The summed E-state index contributed by atoms with van der Waals surface area (Å²) < 4.78 is 1.73. The first kappa shape index (κ1) is 20.3. The number of hydrogen-bond donors (Lipinski definition) is 3. The van der Waals surface area contributed by atoms with Crippen LogP contribution in [-0.4, -0.2) is 47.2 Å². The summed E-state index contributed by atoms with van der Waals surface area (Å²) in [7, 11) is 1.86. The molecular weight excluding hydrogens is 378 g/mol. The molecule has 0 amide bonds. The molecule has 2 aromatic heterocycles. The van der Waals surface area contributed by atoms with Crippen molar-refractivity contribution in [2.75, 3.05) is 5.32 Å². The first-order valence-corrected chi connectivity index (χ1v) is 10.2. The second-order valence-corrected chi connectivity index (χ2v) is 9.44. The van der Waals surface area contributed by atoms with Crippen molar-refractivity contribution in [2.24, 2.45) is 7.05 Å². The maximum absolute atomic E-state index is 10.5. The van der Waals surface area contributed by atoms with Crippen molar-refractivity contribution in [1.29, 1.82) is 0 Å². The van der Waals surface area contributed by atoms with Crippen molar-refractivity contribution < 1.29 is 5.11 Å². The van der Waals surface area contributed by atoms with Crippen molar-refractivity contribution in [1.82, 2.24) is 30.3 Å². The number of nitrogens with zero attached hydrogens (tertiary/aromatic N) is 5. The fourth-order valence-electron chi connectivity index (χ4n) is 4.57. The second kappa shape index (κ2) is 7.36. The average molecular weight is 408 g/mol. The summed E-state index contributed by atoms with van der Waals surface area (Å²) >= 11 is 0. The van der Waals surface area contributed by atoms with E-state index in [0.29, 0.717) is 17.2 Å². The van der Waals surface area contributed by atoms with Crippen LogP contribution >= 0.6 is 0 Å². The van der Waals surface area contributed by atoms with Gasteiger partial charge in [-0.15, -0.1) is 10.2 Å². The Morgan fingerprint density at radius 2 is 1.80 bits per heavy atom. The van der Waals surface area contributed by atoms with Crippen LogP contribution in [0.2, 0.25) is 0 Å². The minimum absolute atomic E-state index is 0.0437. The SMILES string of the molecule is Cn1cc(-c2ccc(-c3ncc(NC4CC(C)(C)NC(C)(C)C4)nn3)c(O)c2)cn1. The number of aromatic hydroxyl groups is 1. The van der Waals surface area contributed by atoms with Gasteiger partial charge in [-0.2, -0.15) is 5.10 Å². The van der Waals surface area contributed by atoms with Gasteiger partial charge in [0.1, 0.15) is 5.75 Å². The van der Waals surface area contributed by atoms with E-state index in [-0.39, 0.29) is 22.9 Å². The zero-order valence-corrected chi connectivity index (χ0v) is 18.1. The number of aromatic nitrogens is 5. The van der Waals surface area contributed by atoms with E-state index in [1.165, 1.54) is 0 Å². The van der Waals surface area contributed by atoms with Crippen LogP contribution < -0.4 is 10.6 Å². The van der Waals surface area contributed by atoms with E-state index in [1.807, 2.05) is 19.3 Å². The van der Waals surface area contributed by atoms with Crippen LogP contribution in [0.1, 0.15) is 40.5 Å². The predicted molar refractivity (Wildman–Crippen MR) is 117 cm³/mol. The molecule has 0 spiro atoms. The maximum Gasteiger partial charge on any atom is 0.185 e. The summed E-state index contributed by atoms with van der Waals surface area (Å²) in [6.45, 7) is 8.86. The van der Waals surface area contributed by atoms with Crippen LogP contribution in [0.4, 0.5) is 5.82 Å². The number of benzene rings is 1. The van der Waals surface area contributed by atoms with Gasteiger partial charge in [0, 0.05) is 35.9 Å². The zero-order chi connectivity index (χ0) is 21.5. The summed E-state index contributed by atoms with van der Waals surface area (Å²) in [4.78, 5) is 4.43. The van der Waals surface area contributed by atoms with E-state index in [4.69, 9.17) is 0 Å². The Labute approximate surface area is 176 Å². The smallest absolute Gasteiger partial charge is 0.185 e. The largest absolute Gasteiger partial charge is 0.507 e. The van der Waals surface area contributed by atoms with E-state index < -0.39 is 0 Å². The van der Waals surface area contributed by atoms with Crippen molar-refractivity contribution >= 4 is 5.82 Å². The molecule has 0 aliphatic carbocycles. The van der Waals surface area contributed by atoms with Gasteiger partial charge in [0.05, 0.1) is 18.0 Å². The number of phenols is 1. The maximum atomic E-state index is 10.5. The Hall–Kier alpha value is -3.00. The van der Waals surface area contributed by atoms with Crippen LogP contribution in [0, 0.1) is 0 Å². The standard InChI is InChI=1S/C22H29N7O/c1-21(2)9-16(10-22(3,4)28-21)25-19-12-23-20(27-26-19)17-7-6-14(8-18(17)30)15-11-24-29(5)13-15/h6-8,11-13,16,28,30H,9-10H2,1-5H3,(H,25,26). The Bertz CT molecular complexity index is 1020. The first-order valence-electron chi connectivity index (χ1n) is 10.2. The van der Waals surface area contributed by atoms with E-state index >= 15 is 0 Å². The van der Waals surface area contributed by atoms with Crippen molar-refractivity contribution in [3.63, 3.8) is 0 Å². The highest BCUT2D eigenvalue weighted by atomic mass is 16.3. The molecule has 1 saturated heterocycles. The molecule has 3 heterocycles. The number of aryl methyl sites for hydroxylation is 1. The Morgan fingerprint density at radius 1 is 1.07 bits per heavy atom. The molecular formula is C22H29N7O. The van der Waals surface area contributed by atoms with E-state index in [0.717, 1.165) is 24.0 Å². The molecule has 158 valence electrons. The third kappa shape index (κ3) is 4.43. The Balaban J connectivity index is 1.50. The minimum atomic E-state index is 0.0437. The third-order valence-electron chi connectivity index (χ3n) is 5.38. The molecule has 4 rings (SSSR count). The Kier molecular flexibility index (Phi) is 4.97. The second-order valence-electron chi connectivity index (χ2n) is 9.44. The molecule has 3 N–H and O–H groups in total. The van der Waals surface area contributed by atoms with Crippen LogP contribution in [0.5, 0.6) is 5.75 Å². The van der Waals surface area contributed by atoms with Crippen LogP contribution in [0.3, 0.4) is 0 Å². The highest BCUT2D eigenvalue weighted by Gasteiger charge is 2.37. The number of piperidine rings is 1. The van der Waals surface area contributed by atoms with Crippen molar-refractivity contribution in [3.8, 4) is 28.3 Å². The van der Waals surface area contributed by atoms with Gasteiger partial charge in [-0.25, -0.2) is 4.98 Å². The van der Waals surface area contributed by atoms with Crippen molar-refractivity contribution in [3.05, 3.63) is 36.8 Å². The summed E-state index contributed by atoms with van der Waals surface area (Å²) in [6, 6.07) is 5.70. The van der Waals surface area contributed by atoms with Crippen LogP contribution in [0.25, 0.3) is 22.5 Å². The van der Waals surface area contributed by atoms with Gasteiger partial charge < -0.3 is 15.7 Å². The van der Waals surface area contributed by atoms with Gasteiger partial charge in [0.15, 0.2) is 11.6 Å². The van der Waals surface area contributed by atoms with Crippen LogP contribution in [0.15, 0.2) is 36.8 Å². The monoisotopic (exact) mass is 407 g/mol. The summed E-state index contributed by atoms with van der Waals surface area (Å²) in [5.41, 5.74) is 2.45. The molecule has 1 aliphatic rings. The molecule has 0 saturated carbocycles. The molecule has 8 nitrogen and oxygen atoms in total. The molecule has 1 aromatic carbocycles. The lowest BCUT2D eigenvalue weighted by Crippen LogP contribution is -2.60. The van der Waals surface area contributed by atoms with Gasteiger partial charge in [-0.1, -0.05) is 6.07 Å². The van der Waals surface area contributed by atoms with Gasteiger partial charge in [0.2, 0.25) is 0 Å². The number of anilines is 1. The topological polar surface area (TPSA) is 101 Å². The lowest BCUT2D eigenvalue weighted by molar-refractivity contribution is 0.170. The number of rotatable bonds is 4. The van der Waals surface area contributed by atoms with Gasteiger partial charge in [0.25, 0.3) is 0 Å². The first-order chi connectivity index (χ1) is 14.1. The lowest BCUT2D eigenvalue weighted by atomic mass is 9.79. The average Bonchev–Trinajstić information content (AvgIpc) is 3.06. The molecule has 1 aliphatic heterocycles. The molecule has 8 heteroatoms. The van der Waals surface area contributed by atoms with Gasteiger partial charge in [-0.3, -0.25) is 4.68 Å². The number of phenolic OH excluding ortho intramolecular Hbond substituents is 1. The summed E-state index contributed by atoms with van der Waals surface area (Å²) in [5.74, 6) is 1.14. The highest BCUT2D eigenvalue weighted by Crippen LogP contribution is 2.32. The zero-order valence-electron chi connectivity index (χ0n) is 18.1. The fourth-order valence-corrected chi connectivity index (χ4v) is 4.57. The third-order valence-corrected chi connectivity index (χ3v) is 5.38. The quantitative estimate of drug-likeness (QED) is 0.609. The van der Waals surface area contributed by atoms with Crippen molar-refractivity contribution in [2.45, 2.75) is 57.7 Å². The molecule has 0 atom stereocenters. The fraction of sp³-hybridized carbons (Fsp3) is 0.455. The van der Waals surface area contributed by atoms with E-state index in [1.54, 1.807) is 29.2 Å². The minimum Gasteiger partial charge on any atom is -0.507 e. The number of hydrogen-bond acceptors (Lipinski definition) is 7. The molecule has 0 bridgehead atoms. The van der Waals surface area contributed by atoms with Crippen LogP contribution in [-0.2, 0) is 7.05 Å². The lowest BCUT2D eigenvalue weighted by Gasteiger charge is -2.46. The Morgan fingerprint density at radius 3 is 2.37 bits per heavy atom.